The van der Waals surface area contributed by atoms with Crippen LogP contribution in [0, 0.1) is 0 Å². The molecule has 30 heavy (non-hydrogen) atoms. The number of carbonyl (C=O) groups excluding carboxylic acids is 2. The zero-order valence-electron chi connectivity index (χ0n) is 16.5. The van der Waals surface area contributed by atoms with Gasteiger partial charge in [-0.3, -0.25) is 0 Å². The van der Waals surface area contributed by atoms with Gasteiger partial charge >= 0.3 is 18.0 Å². The normalized spacial score (nSPS) is 20.1. The summed E-state index contributed by atoms with van der Waals surface area (Å²) >= 11 is 0. The van der Waals surface area contributed by atoms with Crippen LogP contribution in [0.1, 0.15) is 30.9 Å². The molecule has 156 valence electrons. The molecule has 2 N–H and O–H groups in total. The first-order valence-corrected chi connectivity index (χ1v) is 9.52. The fourth-order valence-corrected chi connectivity index (χ4v) is 3.92. The summed E-state index contributed by atoms with van der Waals surface area (Å²) in [7, 11) is 0. The molecule has 8 nitrogen and oxygen atoms in total. The van der Waals surface area contributed by atoms with Crippen LogP contribution in [0.4, 0.5) is 4.79 Å². The third-order valence-electron chi connectivity index (χ3n) is 5.18. The standard InChI is InChI=1S/C22H21NO7/c1-22(2)29-18(20(26)30-22)17(19(24)25)23-21(27)28-11-16-14-9-5-3-7-12(14)13-8-4-6-10-15(13)16/h3-10,16-18H,11H2,1-2H3,(H,23,27)(H,24,25)/t17-,18-/m0/s1. The number of nitrogens with one attached hydrogen (secondary N) is 1. The average molecular weight is 411 g/mol. The van der Waals surface area contributed by atoms with Crippen molar-refractivity contribution in [3.05, 3.63) is 59.7 Å². The summed E-state index contributed by atoms with van der Waals surface area (Å²) in [5, 5.41) is 11.7. The Bertz CT molecular complexity index is 971. The highest BCUT2D eigenvalue weighted by Gasteiger charge is 2.48. The predicted molar refractivity (Wildman–Crippen MR) is 105 cm³/mol. The van der Waals surface area contributed by atoms with E-state index in [0.29, 0.717) is 0 Å². The number of carboxylic acid groups (broad SMARTS) is 1. The van der Waals surface area contributed by atoms with Gasteiger partial charge in [0.05, 0.1) is 0 Å². The van der Waals surface area contributed by atoms with Crippen molar-refractivity contribution in [3.63, 3.8) is 0 Å². The molecular formula is C22H21NO7. The van der Waals surface area contributed by atoms with Crippen molar-refractivity contribution in [1.29, 1.82) is 0 Å². The molecular weight excluding hydrogens is 390 g/mol. The SMILES string of the molecule is CC1(C)OC(=O)[C@H]([C@H](NC(=O)OCC2c3ccccc3-c3ccccc32)C(=O)O)O1. The van der Waals surface area contributed by atoms with Gasteiger partial charge in [0.2, 0.25) is 5.79 Å². The summed E-state index contributed by atoms with van der Waals surface area (Å²) in [6.07, 6.45) is -2.41. The molecule has 8 heteroatoms. The van der Waals surface area contributed by atoms with Crippen LogP contribution in [0.15, 0.2) is 48.5 Å². The largest absolute Gasteiger partial charge is 0.480 e. The van der Waals surface area contributed by atoms with E-state index in [1.807, 2.05) is 48.5 Å². The summed E-state index contributed by atoms with van der Waals surface area (Å²) < 4.78 is 15.7. The Balaban J connectivity index is 1.46. The van der Waals surface area contributed by atoms with E-state index in [1.165, 1.54) is 13.8 Å². The predicted octanol–water partition coefficient (Wildman–Crippen LogP) is 2.66. The van der Waals surface area contributed by atoms with Gasteiger partial charge in [-0.1, -0.05) is 48.5 Å². The number of carboxylic acids is 1. The van der Waals surface area contributed by atoms with Gasteiger partial charge in [-0.15, -0.1) is 0 Å². The highest BCUT2D eigenvalue weighted by molar-refractivity contribution is 5.89. The summed E-state index contributed by atoms with van der Waals surface area (Å²) in [5.74, 6) is -3.72. The van der Waals surface area contributed by atoms with Crippen molar-refractivity contribution in [2.45, 2.75) is 37.7 Å². The van der Waals surface area contributed by atoms with Crippen LogP contribution >= 0.6 is 0 Å². The zero-order chi connectivity index (χ0) is 21.5. The summed E-state index contributed by atoms with van der Waals surface area (Å²) in [6.45, 7) is 2.99. The Morgan fingerprint density at radius 2 is 1.67 bits per heavy atom. The molecule has 1 aliphatic heterocycles. The Kier molecular flexibility index (Phi) is 4.95. The van der Waals surface area contributed by atoms with Crippen LogP contribution in [0.25, 0.3) is 11.1 Å². The summed E-state index contributed by atoms with van der Waals surface area (Å²) in [5.41, 5.74) is 4.22. The van der Waals surface area contributed by atoms with Gasteiger partial charge in [-0.2, -0.15) is 0 Å². The molecule has 4 rings (SSSR count). The highest BCUT2D eigenvalue weighted by Crippen LogP contribution is 2.44. The van der Waals surface area contributed by atoms with Crippen molar-refractivity contribution in [2.24, 2.45) is 0 Å². The van der Waals surface area contributed by atoms with E-state index in [9.17, 15) is 19.5 Å². The number of aliphatic carboxylic acids is 1. The van der Waals surface area contributed by atoms with Crippen LogP contribution in [0.2, 0.25) is 0 Å². The Morgan fingerprint density at radius 3 is 2.17 bits per heavy atom. The Hall–Kier alpha value is -3.39. The summed E-state index contributed by atoms with van der Waals surface area (Å²) in [6, 6.07) is 14.1. The number of alkyl carbamates (subject to hydrolysis) is 1. The number of ether oxygens (including phenoxy) is 3. The maximum atomic E-state index is 12.4. The molecule has 0 aromatic heterocycles. The van der Waals surface area contributed by atoms with Crippen LogP contribution in [-0.4, -0.2) is 47.7 Å². The second kappa shape index (κ2) is 7.46. The fraction of sp³-hybridized carbons (Fsp3) is 0.318. The van der Waals surface area contributed by atoms with Gasteiger partial charge < -0.3 is 24.6 Å². The average Bonchev–Trinajstić information content (AvgIpc) is 3.17. The molecule has 1 fully saturated rings. The number of rotatable bonds is 5. The monoisotopic (exact) mass is 411 g/mol. The van der Waals surface area contributed by atoms with E-state index in [4.69, 9.17) is 14.2 Å². The first kappa shape index (κ1) is 19.9. The molecule has 0 saturated carbocycles. The molecule has 1 saturated heterocycles. The molecule has 2 aliphatic rings. The van der Waals surface area contributed by atoms with Gasteiger partial charge in [-0.25, -0.2) is 14.4 Å². The van der Waals surface area contributed by atoms with E-state index in [0.717, 1.165) is 22.3 Å². The second-order valence-corrected chi connectivity index (χ2v) is 7.65. The minimum atomic E-state index is -1.63. The lowest BCUT2D eigenvalue weighted by molar-refractivity contribution is -0.162. The lowest BCUT2D eigenvalue weighted by Gasteiger charge is -2.20. The van der Waals surface area contributed by atoms with Crippen molar-refractivity contribution in [1.82, 2.24) is 5.32 Å². The highest BCUT2D eigenvalue weighted by atomic mass is 16.8. The Morgan fingerprint density at radius 1 is 1.10 bits per heavy atom. The smallest absolute Gasteiger partial charge is 0.407 e. The van der Waals surface area contributed by atoms with Crippen molar-refractivity contribution in [2.75, 3.05) is 6.61 Å². The lowest BCUT2D eigenvalue weighted by Crippen LogP contribution is -2.51. The molecule has 1 aliphatic carbocycles. The second-order valence-electron chi connectivity index (χ2n) is 7.65. The van der Waals surface area contributed by atoms with Crippen LogP contribution < -0.4 is 5.32 Å². The van der Waals surface area contributed by atoms with Gasteiger partial charge in [-0.05, 0) is 22.3 Å². The van der Waals surface area contributed by atoms with Gasteiger partial charge in [0.1, 0.15) is 6.61 Å². The van der Waals surface area contributed by atoms with E-state index in [2.05, 4.69) is 5.32 Å². The molecule has 2 aromatic carbocycles. The third-order valence-corrected chi connectivity index (χ3v) is 5.18. The number of benzene rings is 2. The van der Waals surface area contributed by atoms with Crippen molar-refractivity contribution >= 4 is 18.0 Å². The van der Waals surface area contributed by atoms with Crippen molar-refractivity contribution < 1.29 is 33.7 Å². The molecule has 1 heterocycles. The van der Waals surface area contributed by atoms with E-state index < -0.39 is 36.0 Å². The maximum absolute atomic E-state index is 12.4. The Labute approximate surface area is 172 Å². The molecule has 1 amide bonds. The zero-order valence-corrected chi connectivity index (χ0v) is 16.5. The maximum Gasteiger partial charge on any atom is 0.407 e. The molecule has 0 spiro atoms. The number of esters is 1. The van der Waals surface area contributed by atoms with Gasteiger partial charge in [0, 0.05) is 19.8 Å². The minimum absolute atomic E-state index is 0.0215. The number of hydrogen-bond donors (Lipinski definition) is 2. The van der Waals surface area contributed by atoms with Gasteiger partial charge in [0.25, 0.3) is 0 Å². The van der Waals surface area contributed by atoms with E-state index in [1.54, 1.807) is 0 Å². The van der Waals surface area contributed by atoms with Crippen LogP contribution in [0.5, 0.6) is 0 Å². The van der Waals surface area contributed by atoms with Crippen molar-refractivity contribution in [3.8, 4) is 11.1 Å². The van der Waals surface area contributed by atoms with Crippen LogP contribution in [-0.2, 0) is 23.8 Å². The first-order chi connectivity index (χ1) is 14.3. The van der Waals surface area contributed by atoms with E-state index in [-0.39, 0.29) is 12.5 Å². The lowest BCUT2D eigenvalue weighted by atomic mass is 9.98. The topological polar surface area (TPSA) is 111 Å². The number of amides is 1. The van der Waals surface area contributed by atoms with E-state index >= 15 is 0 Å². The summed E-state index contributed by atoms with van der Waals surface area (Å²) in [4.78, 5) is 35.9. The fourth-order valence-electron chi connectivity index (χ4n) is 3.92. The molecule has 0 unspecified atom stereocenters. The number of carbonyl (C=O) groups is 3. The van der Waals surface area contributed by atoms with Gasteiger partial charge in [0.15, 0.2) is 12.1 Å². The number of fused-ring (bicyclic) bond motifs is 3. The molecule has 0 radical (unpaired) electrons. The number of hydrogen-bond acceptors (Lipinski definition) is 6. The quantitative estimate of drug-likeness (QED) is 0.728. The molecule has 2 aromatic rings. The molecule has 0 bridgehead atoms. The first-order valence-electron chi connectivity index (χ1n) is 9.52. The third kappa shape index (κ3) is 3.61. The van der Waals surface area contributed by atoms with Crippen LogP contribution in [0.3, 0.4) is 0 Å². The number of cyclic esters (lactones) is 1. The molecule has 2 atom stereocenters. The minimum Gasteiger partial charge on any atom is -0.480 e.